The highest BCUT2D eigenvalue weighted by atomic mass is 19.1. The van der Waals surface area contributed by atoms with Gasteiger partial charge < -0.3 is 5.32 Å². The highest BCUT2D eigenvalue weighted by Crippen LogP contribution is 2.13. The van der Waals surface area contributed by atoms with E-state index in [0.717, 1.165) is 32.1 Å². The molecule has 0 saturated carbocycles. The van der Waals surface area contributed by atoms with Crippen molar-refractivity contribution in [1.29, 1.82) is 0 Å². The average Bonchev–Trinajstić information content (AvgIpc) is 2.16. The molecule has 0 aromatic rings. The van der Waals surface area contributed by atoms with Crippen LogP contribution >= 0.6 is 0 Å². The minimum absolute atomic E-state index is 0.182. The molecule has 84 valence electrons. The molecular weight excluding hydrogens is 179 g/mol. The molecule has 0 aliphatic carbocycles. The van der Waals surface area contributed by atoms with Crippen LogP contribution in [0, 0.1) is 5.92 Å². The number of halogens is 1. The molecular formula is C11H23FN2. The molecule has 0 aromatic heterocycles. The first-order valence-corrected chi connectivity index (χ1v) is 5.74. The van der Waals surface area contributed by atoms with Crippen LogP contribution in [0.5, 0.6) is 0 Å². The van der Waals surface area contributed by atoms with E-state index in [1.54, 1.807) is 0 Å². The van der Waals surface area contributed by atoms with E-state index in [2.05, 4.69) is 24.1 Å². The fourth-order valence-electron chi connectivity index (χ4n) is 2.14. The molecule has 0 radical (unpaired) electrons. The quantitative estimate of drug-likeness (QED) is 0.729. The monoisotopic (exact) mass is 202 g/mol. The Morgan fingerprint density at radius 2 is 2.29 bits per heavy atom. The summed E-state index contributed by atoms with van der Waals surface area (Å²) in [6, 6.07) is 0.621. The Morgan fingerprint density at radius 3 is 2.93 bits per heavy atom. The zero-order valence-electron chi connectivity index (χ0n) is 9.43. The van der Waals surface area contributed by atoms with Gasteiger partial charge in [-0.15, -0.1) is 0 Å². The third kappa shape index (κ3) is 3.93. The Bertz CT molecular complexity index is 150. The van der Waals surface area contributed by atoms with Crippen molar-refractivity contribution >= 4 is 0 Å². The minimum atomic E-state index is -0.182. The number of rotatable bonds is 5. The first-order chi connectivity index (χ1) is 6.74. The van der Waals surface area contributed by atoms with Crippen molar-refractivity contribution < 1.29 is 4.39 Å². The van der Waals surface area contributed by atoms with Gasteiger partial charge in [0.05, 0.1) is 6.67 Å². The van der Waals surface area contributed by atoms with Crippen molar-refractivity contribution in [1.82, 2.24) is 10.2 Å². The van der Waals surface area contributed by atoms with Crippen LogP contribution in [-0.2, 0) is 0 Å². The van der Waals surface area contributed by atoms with Crippen LogP contribution in [0.1, 0.15) is 26.7 Å². The van der Waals surface area contributed by atoms with Crippen molar-refractivity contribution in [3.05, 3.63) is 0 Å². The molecule has 1 heterocycles. The van der Waals surface area contributed by atoms with Crippen molar-refractivity contribution in [3.63, 3.8) is 0 Å². The largest absolute Gasteiger partial charge is 0.314 e. The Labute approximate surface area is 86.9 Å². The van der Waals surface area contributed by atoms with E-state index in [0.29, 0.717) is 12.5 Å². The topological polar surface area (TPSA) is 15.3 Å². The molecule has 1 saturated heterocycles. The smallest absolute Gasteiger partial charge is 0.0906 e. The van der Waals surface area contributed by atoms with Crippen molar-refractivity contribution in [2.24, 2.45) is 5.92 Å². The molecule has 3 heteroatoms. The highest BCUT2D eigenvalue weighted by Gasteiger charge is 2.21. The lowest BCUT2D eigenvalue weighted by Gasteiger charge is -2.37. The molecule has 1 aliphatic rings. The van der Waals surface area contributed by atoms with E-state index in [1.807, 2.05) is 0 Å². The lowest BCUT2D eigenvalue weighted by Crippen LogP contribution is -2.51. The zero-order valence-corrected chi connectivity index (χ0v) is 9.43. The van der Waals surface area contributed by atoms with Gasteiger partial charge in [-0.05, 0) is 18.8 Å². The molecule has 0 aromatic carbocycles. The normalized spacial score (nSPS) is 24.4. The van der Waals surface area contributed by atoms with E-state index in [4.69, 9.17) is 0 Å². The maximum atomic E-state index is 12.1. The molecule has 2 nitrogen and oxygen atoms in total. The Balaban J connectivity index is 2.33. The van der Waals surface area contributed by atoms with Crippen molar-refractivity contribution in [2.75, 3.05) is 32.9 Å². The Kier molecular flexibility index (Phi) is 5.41. The van der Waals surface area contributed by atoms with Crippen LogP contribution in [0.25, 0.3) is 0 Å². The molecule has 1 fully saturated rings. The second-order valence-corrected chi connectivity index (χ2v) is 4.57. The van der Waals surface area contributed by atoms with Crippen LogP contribution in [0.2, 0.25) is 0 Å². The highest BCUT2D eigenvalue weighted by molar-refractivity contribution is 4.80. The van der Waals surface area contributed by atoms with E-state index < -0.39 is 0 Å². The molecule has 1 atom stereocenters. The molecule has 0 amide bonds. The van der Waals surface area contributed by atoms with Crippen LogP contribution in [-0.4, -0.2) is 43.8 Å². The van der Waals surface area contributed by atoms with Gasteiger partial charge in [0.2, 0.25) is 0 Å². The first-order valence-electron chi connectivity index (χ1n) is 5.74. The van der Waals surface area contributed by atoms with E-state index in [-0.39, 0.29) is 6.67 Å². The molecule has 14 heavy (non-hydrogen) atoms. The van der Waals surface area contributed by atoms with Gasteiger partial charge in [0.15, 0.2) is 0 Å². The van der Waals surface area contributed by atoms with Crippen LogP contribution in [0.3, 0.4) is 0 Å². The van der Waals surface area contributed by atoms with Crippen LogP contribution < -0.4 is 5.32 Å². The summed E-state index contributed by atoms with van der Waals surface area (Å²) in [4.78, 5) is 2.44. The van der Waals surface area contributed by atoms with Gasteiger partial charge in [-0.3, -0.25) is 9.29 Å². The Morgan fingerprint density at radius 1 is 1.50 bits per heavy atom. The predicted octanol–water partition coefficient (Wildman–Crippen LogP) is 1.67. The number of hydrogen-bond donors (Lipinski definition) is 1. The van der Waals surface area contributed by atoms with Gasteiger partial charge in [0.25, 0.3) is 0 Å². The SMILES string of the molecule is CC(C)CC1CNCCN1CCCF. The third-order valence-corrected chi connectivity index (χ3v) is 2.79. The van der Waals surface area contributed by atoms with Gasteiger partial charge >= 0.3 is 0 Å². The number of piperazine rings is 1. The summed E-state index contributed by atoms with van der Waals surface area (Å²) in [6.07, 6.45) is 1.91. The van der Waals surface area contributed by atoms with Crippen molar-refractivity contribution in [2.45, 2.75) is 32.7 Å². The fraction of sp³-hybridized carbons (Fsp3) is 1.00. The maximum absolute atomic E-state index is 12.1. The average molecular weight is 202 g/mol. The third-order valence-electron chi connectivity index (χ3n) is 2.79. The molecule has 1 unspecified atom stereocenters. The van der Waals surface area contributed by atoms with Crippen LogP contribution in [0.15, 0.2) is 0 Å². The number of nitrogens with zero attached hydrogens (tertiary/aromatic N) is 1. The first kappa shape index (κ1) is 11.9. The summed E-state index contributed by atoms with van der Waals surface area (Å²) in [5.74, 6) is 0.729. The summed E-state index contributed by atoms with van der Waals surface area (Å²) in [5.41, 5.74) is 0. The van der Waals surface area contributed by atoms with Gasteiger partial charge in [-0.1, -0.05) is 13.8 Å². The van der Waals surface area contributed by atoms with Crippen LogP contribution in [0.4, 0.5) is 4.39 Å². The second kappa shape index (κ2) is 6.36. The van der Waals surface area contributed by atoms with Crippen molar-refractivity contribution in [3.8, 4) is 0 Å². The molecule has 1 rings (SSSR count). The van der Waals surface area contributed by atoms with Gasteiger partial charge in [-0.2, -0.15) is 0 Å². The summed E-state index contributed by atoms with van der Waals surface area (Å²) in [7, 11) is 0. The summed E-state index contributed by atoms with van der Waals surface area (Å²) in [5, 5.41) is 3.41. The molecule has 0 spiro atoms. The lowest BCUT2D eigenvalue weighted by molar-refractivity contribution is 0.137. The van der Waals surface area contributed by atoms with E-state index >= 15 is 0 Å². The Hall–Kier alpha value is -0.150. The summed E-state index contributed by atoms with van der Waals surface area (Å²) >= 11 is 0. The maximum Gasteiger partial charge on any atom is 0.0906 e. The number of hydrogen-bond acceptors (Lipinski definition) is 2. The van der Waals surface area contributed by atoms with E-state index in [9.17, 15) is 4.39 Å². The molecule has 1 N–H and O–H groups in total. The lowest BCUT2D eigenvalue weighted by atomic mass is 10.0. The molecule has 0 bridgehead atoms. The van der Waals surface area contributed by atoms with Gasteiger partial charge in [0.1, 0.15) is 0 Å². The number of nitrogens with one attached hydrogen (secondary N) is 1. The fourth-order valence-corrected chi connectivity index (χ4v) is 2.14. The summed E-state index contributed by atoms with van der Waals surface area (Å²) < 4.78 is 12.1. The number of alkyl halides is 1. The van der Waals surface area contributed by atoms with E-state index in [1.165, 1.54) is 6.42 Å². The summed E-state index contributed by atoms with van der Waals surface area (Å²) in [6.45, 7) is 8.46. The van der Waals surface area contributed by atoms with Gasteiger partial charge in [0, 0.05) is 32.2 Å². The zero-order chi connectivity index (χ0) is 10.4. The minimum Gasteiger partial charge on any atom is -0.314 e. The standard InChI is InChI=1S/C11H23FN2/c1-10(2)8-11-9-13-5-7-14(11)6-3-4-12/h10-11,13H,3-9H2,1-2H3. The molecule has 1 aliphatic heterocycles. The second-order valence-electron chi connectivity index (χ2n) is 4.57. The predicted molar refractivity (Wildman–Crippen MR) is 58.3 cm³/mol. The van der Waals surface area contributed by atoms with Gasteiger partial charge in [-0.25, -0.2) is 0 Å².